The number of benzene rings is 2. The van der Waals surface area contributed by atoms with E-state index in [1.165, 1.54) is 0 Å². The molecule has 3 heterocycles. The number of hydrogen-bond acceptors (Lipinski definition) is 4. The van der Waals surface area contributed by atoms with Gasteiger partial charge in [-0.15, -0.1) is 0 Å². The highest BCUT2D eigenvalue weighted by atomic mass is 16.5. The summed E-state index contributed by atoms with van der Waals surface area (Å²) in [6.45, 7) is 5.01. The second-order valence-corrected chi connectivity index (χ2v) is 8.32. The van der Waals surface area contributed by atoms with Crippen molar-refractivity contribution in [2.75, 3.05) is 13.1 Å². The van der Waals surface area contributed by atoms with Crippen LogP contribution >= 0.6 is 0 Å². The number of carbonyl (C=O) groups is 2. The summed E-state index contributed by atoms with van der Waals surface area (Å²) in [6.07, 6.45) is 2.83. The summed E-state index contributed by atoms with van der Waals surface area (Å²) in [5.74, 6) is 0.482. The van der Waals surface area contributed by atoms with Crippen LogP contribution < -0.4 is 10.1 Å². The Morgan fingerprint density at radius 2 is 1.87 bits per heavy atom. The van der Waals surface area contributed by atoms with Gasteiger partial charge in [-0.3, -0.25) is 14.7 Å². The third-order valence-corrected chi connectivity index (χ3v) is 6.25. The Kier molecular flexibility index (Phi) is 4.54. The van der Waals surface area contributed by atoms with E-state index >= 15 is 0 Å². The zero-order chi connectivity index (χ0) is 21.6. The van der Waals surface area contributed by atoms with Crippen LogP contribution in [0, 0.1) is 13.8 Å². The normalized spacial score (nSPS) is 17.1. The zero-order valence-corrected chi connectivity index (χ0v) is 17.6. The zero-order valence-electron chi connectivity index (χ0n) is 17.6. The van der Waals surface area contributed by atoms with Crippen molar-refractivity contribution in [1.29, 1.82) is 0 Å². The molecule has 3 aromatic rings. The molecule has 0 unspecified atom stereocenters. The van der Waals surface area contributed by atoms with Gasteiger partial charge in [-0.1, -0.05) is 12.1 Å². The monoisotopic (exact) mass is 416 g/mol. The van der Waals surface area contributed by atoms with Crippen molar-refractivity contribution >= 4 is 11.8 Å². The van der Waals surface area contributed by atoms with Gasteiger partial charge in [0.25, 0.3) is 11.8 Å². The Morgan fingerprint density at radius 1 is 1.10 bits per heavy atom. The number of nitrogens with zero attached hydrogens (tertiary/aromatic N) is 2. The molecule has 0 bridgehead atoms. The van der Waals surface area contributed by atoms with E-state index in [4.69, 9.17) is 4.74 Å². The summed E-state index contributed by atoms with van der Waals surface area (Å²) in [6, 6.07) is 13.2. The molecular weight excluding hydrogens is 392 g/mol. The second-order valence-electron chi connectivity index (χ2n) is 8.32. The lowest BCUT2D eigenvalue weighted by atomic mass is 9.95. The number of aromatic nitrogens is 2. The van der Waals surface area contributed by atoms with Crippen LogP contribution in [-0.2, 0) is 0 Å². The van der Waals surface area contributed by atoms with Gasteiger partial charge in [0.2, 0.25) is 0 Å². The second kappa shape index (κ2) is 7.27. The molecule has 2 aromatic carbocycles. The number of amides is 2. The minimum Gasteiger partial charge on any atom is -0.467 e. The van der Waals surface area contributed by atoms with Crippen LogP contribution in [0.5, 0.6) is 5.75 Å². The Balaban J connectivity index is 1.31. The third-order valence-electron chi connectivity index (χ3n) is 6.25. The van der Waals surface area contributed by atoms with E-state index < -0.39 is 5.72 Å². The summed E-state index contributed by atoms with van der Waals surface area (Å²) in [5.41, 5.74) is 4.28. The average molecular weight is 416 g/mol. The van der Waals surface area contributed by atoms with Crippen LogP contribution in [0.25, 0.3) is 11.3 Å². The van der Waals surface area contributed by atoms with E-state index in [2.05, 4.69) is 15.5 Å². The molecule has 0 aliphatic carbocycles. The first-order chi connectivity index (χ1) is 14.9. The number of hydrogen-bond donors (Lipinski definition) is 2. The molecule has 5 rings (SSSR count). The number of aromatic amines is 1. The van der Waals surface area contributed by atoms with Gasteiger partial charge in [0, 0.05) is 43.3 Å². The van der Waals surface area contributed by atoms with Crippen molar-refractivity contribution in [3.05, 3.63) is 70.9 Å². The molecule has 0 atom stereocenters. The highest BCUT2D eigenvalue weighted by Crippen LogP contribution is 2.35. The topological polar surface area (TPSA) is 87.3 Å². The van der Waals surface area contributed by atoms with Crippen molar-refractivity contribution in [2.45, 2.75) is 32.4 Å². The molecule has 2 aliphatic heterocycles. The summed E-state index contributed by atoms with van der Waals surface area (Å²) in [4.78, 5) is 27.7. The van der Waals surface area contributed by atoms with Crippen LogP contribution in [0.15, 0.2) is 48.7 Å². The van der Waals surface area contributed by atoms with Crippen LogP contribution in [0.2, 0.25) is 0 Å². The van der Waals surface area contributed by atoms with Gasteiger partial charge < -0.3 is 15.0 Å². The lowest BCUT2D eigenvalue weighted by Crippen LogP contribution is -2.61. The standard InChI is InChI=1S/C24H24N4O3/c1-15-12-19-21(13-16(15)2)31-24(26-22(19)29)7-10-28(11-8-24)23(30)18-5-3-4-17(14-18)20-6-9-25-27-20/h3-6,9,12-14H,7-8,10-11H2,1-2H3,(H,25,27)(H,26,29). The molecule has 158 valence electrons. The largest absolute Gasteiger partial charge is 0.467 e. The van der Waals surface area contributed by atoms with Gasteiger partial charge in [-0.2, -0.15) is 5.10 Å². The molecular formula is C24H24N4O3. The molecule has 0 saturated carbocycles. The van der Waals surface area contributed by atoms with E-state index in [9.17, 15) is 9.59 Å². The van der Waals surface area contributed by atoms with Gasteiger partial charge in [0.1, 0.15) is 5.75 Å². The van der Waals surface area contributed by atoms with E-state index in [1.54, 1.807) is 6.20 Å². The van der Waals surface area contributed by atoms with E-state index in [0.717, 1.165) is 22.4 Å². The number of nitrogens with one attached hydrogen (secondary N) is 2. The highest BCUT2D eigenvalue weighted by Gasteiger charge is 2.43. The maximum atomic E-state index is 13.1. The molecule has 1 fully saturated rings. The van der Waals surface area contributed by atoms with Crippen molar-refractivity contribution in [3.63, 3.8) is 0 Å². The first kappa shape index (κ1) is 19.4. The first-order valence-electron chi connectivity index (χ1n) is 10.5. The number of aryl methyl sites for hydroxylation is 2. The van der Waals surface area contributed by atoms with Crippen LogP contribution in [0.4, 0.5) is 0 Å². The molecule has 7 heteroatoms. The minimum atomic E-state index is -0.764. The predicted molar refractivity (Wildman–Crippen MR) is 116 cm³/mol. The molecule has 7 nitrogen and oxygen atoms in total. The molecule has 1 aromatic heterocycles. The van der Waals surface area contributed by atoms with Gasteiger partial charge in [0.05, 0.1) is 11.3 Å². The maximum absolute atomic E-state index is 13.1. The number of piperidine rings is 1. The summed E-state index contributed by atoms with van der Waals surface area (Å²) in [7, 11) is 0. The quantitative estimate of drug-likeness (QED) is 0.670. The van der Waals surface area contributed by atoms with E-state index in [1.807, 2.05) is 61.2 Å². The Labute approximate surface area is 180 Å². The van der Waals surface area contributed by atoms with Gasteiger partial charge >= 0.3 is 0 Å². The molecule has 2 amide bonds. The Bertz CT molecular complexity index is 1160. The van der Waals surface area contributed by atoms with Crippen molar-refractivity contribution in [2.24, 2.45) is 0 Å². The lowest BCUT2D eigenvalue weighted by molar-refractivity contribution is -0.0246. The molecule has 2 N–H and O–H groups in total. The molecule has 1 spiro atoms. The lowest BCUT2D eigenvalue weighted by Gasteiger charge is -2.44. The molecule has 2 aliphatic rings. The minimum absolute atomic E-state index is 0.0266. The van der Waals surface area contributed by atoms with Crippen molar-refractivity contribution in [3.8, 4) is 17.0 Å². The number of likely N-dealkylation sites (tertiary alicyclic amines) is 1. The fourth-order valence-electron chi connectivity index (χ4n) is 4.28. The van der Waals surface area contributed by atoms with Gasteiger partial charge in [-0.25, -0.2) is 0 Å². The fraction of sp³-hybridized carbons (Fsp3) is 0.292. The van der Waals surface area contributed by atoms with Crippen molar-refractivity contribution < 1.29 is 14.3 Å². The number of rotatable bonds is 2. The summed E-state index contributed by atoms with van der Waals surface area (Å²) >= 11 is 0. The predicted octanol–water partition coefficient (Wildman–Crippen LogP) is 3.45. The fourth-order valence-corrected chi connectivity index (χ4v) is 4.28. The molecule has 0 radical (unpaired) electrons. The van der Waals surface area contributed by atoms with Gasteiger partial charge in [-0.05, 0) is 55.3 Å². The SMILES string of the molecule is Cc1cc2c(cc1C)C(=O)NC1(CCN(C(=O)c3cccc(-c4cc[nH]n4)c3)CC1)O2. The smallest absolute Gasteiger partial charge is 0.258 e. The average Bonchev–Trinajstić information content (AvgIpc) is 3.31. The summed E-state index contributed by atoms with van der Waals surface area (Å²) in [5, 5.41) is 10.0. The first-order valence-corrected chi connectivity index (χ1v) is 10.5. The Morgan fingerprint density at radius 3 is 2.61 bits per heavy atom. The van der Waals surface area contributed by atoms with Crippen LogP contribution in [0.1, 0.15) is 44.7 Å². The molecule has 1 saturated heterocycles. The van der Waals surface area contributed by atoms with E-state index in [0.29, 0.717) is 42.8 Å². The van der Waals surface area contributed by atoms with Gasteiger partial charge in [0.15, 0.2) is 5.72 Å². The number of fused-ring (bicyclic) bond motifs is 1. The third kappa shape index (κ3) is 3.46. The maximum Gasteiger partial charge on any atom is 0.258 e. The molecule has 31 heavy (non-hydrogen) atoms. The Hall–Kier alpha value is -3.61. The van der Waals surface area contributed by atoms with Crippen molar-refractivity contribution in [1.82, 2.24) is 20.4 Å². The van der Waals surface area contributed by atoms with Crippen LogP contribution in [-0.4, -0.2) is 45.7 Å². The van der Waals surface area contributed by atoms with Crippen LogP contribution in [0.3, 0.4) is 0 Å². The number of carbonyl (C=O) groups excluding carboxylic acids is 2. The highest BCUT2D eigenvalue weighted by molar-refractivity contribution is 5.99. The number of H-pyrrole nitrogens is 1. The summed E-state index contributed by atoms with van der Waals surface area (Å²) < 4.78 is 6.29. The number of ether oxygens (including phenoxy) is 1. The van der Waals surface area contributed by atoms with E-state index in [-0.39, 0.29) is 11.8 Å².